The molecule has 1 aromatic heterocycles. The molecule has 0 bridgehead atoms. The molecule has 1 N–H and O–H groups in total. The Morgan fingerprint density at radius 2 is 2.22 bits per heavy atom. The minimum atomic E-state index is 0.174. The smallest absolute Gasteiger partial charge is 0.117 e. The van der Waals surface area contributed by atoms with Crippen LogP contribution in [-0.4, -0.2) is 22.6 Å². The van der Waals surface area contributed by atoms with Gasteiger partial charge in [-0.25, -0.2) is 4.98 Å². The quantitative estimate of drug-likeness (QED) is 0.879. The second kappa shape index (κ2) is 4.39. The maximum absolute atomic E-state index is 4.90. The van der Waals surface area contributed by atoms with Crippen LogP contribution in [0.4, 0.5) is 0 Å². The maximum Gasteiger partial charge on any atom is 0.117 e. The number of aromatic nitrogens is 2. The standard InChI is InChI=1S/C15H21N3/c1-3-18-13-8-5-4-7-12(13)17-14(18)15(2)9-6-10-16-11-15/h4-5,7-8,16H,3,6,9-11H2,1-2H3. The van der Waals surface area contributed by atoms with Crippen LogP contribution in [0.3, 0.4) is 0 Å². The van der Waals surface area contributed by atoms with Crippen molar-refractivity contribution in [3.05, 3.63) is 30.1 Å². The van der Waals surface area contributed by atoms with Gasteiger partial charge in [-0.05, 0) is 38.4 Å². The van der Waals surface area contributed by atoms with E-state index >= 15 is 0 Å². The Hall–Kier alpha value is -1.35. The van der Waals surface area contributed by atoms with E-state index in [0.29, 0.717) is 0 Å². The summed E-state index contributed by atoms with van der Waals surface area (Å²) in [6.07, 6.45) is 2.47. The third kappa shape index (κ3) is 1.74. The van der Waals surface area contributed by atoms with Crippen LogP contribution >= 0.6 is 0 Å². The highest BCUT2D eigenvalue weighted by molar-refractivity contribution is 5.76. The van der Waals surface area contributed by atoms with Crippen LogP contribution in [0.1, 0.15) is 32.5 Å². The van der Waals surface area contributed by atoms with Crippen molar-refractivity contribution in [2.24, 2.45) is 0 Å². The minimum Gasteiger partial charge on any atom is -0.328 e. The maximum atomic E-state index is 4.90. The second-order valence-corrected chi connectivity index (χ2v) is 5.51. The Kier molecular flexibility index (Phi) is 2.86. The number of nitrogens with zero attached hydrogens (tertiary/aromatic N) is 2. The van der Waals surface area contributed by atoms with E-state index in [1.165, 1.54) is 24.2 Å². The lowest BCUT2D eigenvalue weighted by Crippen LogP contribution is -2.42. The molecular formula is C15H21N3. The highest BCUT2D eigenvalue weighted by Crippen LogP contribution is 2.32. The number of fused-ring (bicyclic) bond motifs is 1. The Morgan fingerprint density at radius 3 is 2.94 bits per heavy atom. The zero-order valence-electron chi connectivity index (χ0n) is 11.2. The van der Waals surface area contributed by atoms with Crippen molar-refractivity contribution >= 4 is 11.0 Å². The largest absolute Gasteiger partial charge is 0.328 e. The molecule has 2 aromatic rings. The van der Waals surface area contributed by atoms with Gasteiger partial charge in [0.1, 0.15) is 5.82 Å². The molecule has 0 spiro atoms. The first-order valence-electron chi connectivity index (χ1n) is 6.91. The van der Waals surface area contributed by atoms with Crippen molar-refractivity contribution < 1.29 is 0 Å². The molecule has 1 aliphatic rings. The van der Waals surface area contributed by atoms with Gasteiger partial charge in [0.25, 0.3) is 0 Å². The molecule has 0 radical (unpaired) electrons. The molecule has 1 aromatic carbocycles. The van der Waals surface area contributed by atoms with Gasteiger partial charge in [-0.3, -0.25) is 0 Å². The summed E-state index contributed by atoms with van der Waals surface area (Å²) >= 11 is 0. The average molecular weight is 243 g/mol. The Balaban J connectivity index is 2.15. The summed E-state index contributed by atoms with van der Waals surface area (Å²) in [5.41, 5.74) is 2.57. The van der Waals surface area contributed by atoms with Crippen molar-refractivity contribution in [1.82, 2.24) is 14.9 Å². The van der Waals surface area contributed by atoms with Crippen LogP contribution in [0.15, 0.2) is 24.3 Å². The molecular weight excluding hydrogens is 222 g/mol. The van der Waals surface area contributed by atoms with Crippen LogP contribution in [-0.2, 0) is 12.0 Å². The molecule has 3 nitrogen and oxygen atoms in total. The summed E-state index contributed by atoms with van der Waals surface area (Å²) in [6.45, 7) is 7.72. The third-order valence-electron chi connectivity index (χ3n) is 4.11. The molecule has 3 rings (SSSR count). The SMILES string of the molecule is CCn1c(C2(C)CCCNC2)nc2ccccc21. The van der Waals surface area contributed by atoms with Crippen LogP contribution in [0.2, 0.25) is 0 Å². The first-order chi connectivity index (χ1) is 8.74. The zero-order chi connectivity index (χ0) is 12.6. The Morgan fingerprint density at radius 1 is 1.39 bits per heavy atom. The highest BCUT2D eigenvalue weighted by Gasteiger charge is 2.33. The van der Waals surface area contributed by atoms with Gasteiger partial charge < -0.3 is 9.88 Å². The molecule has 1 aliphatic heterocycles. The fraction of sp³-hybridized carbons (Fsp3) is 0.533. The van der Waals surface area contributed by atoms with E-state index in [1.807, 2.05) is 0 Å². The van der Waals surface area contributed by atoms with E-state index in [4.69, 9.17) is 4.98 Å². The van der Waals surface area contributed by atoms with E-state index in [2.05, 4.69) is 48.0 Å². The van der Waals surface area contributed by atoms with Crippen molar-refractivity contribution in [3.63, 3.8) is 0 Å². The molecule has 2 heterocycles. The first kappa shape index (κ1) is 11.7. The topological polar surface area (TPSA) is 29.9 Å². The van der Waals surface area contributed by atoms with E-state index in [0.717, 1.165) is 25.2 Å². The zero-order valence-corrected chi connectivity index (χ0v) is 11.2. The van der Waals surface area contributed by atoms with E-state index in [1.54, 1.807) is 0 Å². The predicted molar refractivity (Wildman–Crippen MR) is 74.9 cm³/mol. The number of imidazole rings is 1. The van der Waals surface area contributed by atoms with E-state index < -0.39 is 0 Å². The number of benzene rings is 1. The molecule has 0 amide bonds. The van der Waals surface area contributed by atoms with E-state index in [9.17, 15) is 0 Å². The molecule has 96 valence electrons. The van der Waals surface area contributed by atoms with Crippen molar-refractivity contribution in [2.45, 2.75) is 38.6 Å². The lowest BCUT2D eigenvalue weighted by atomic mass is 9.82. The first-order valence-corrected chi connectivity index (χ1v) is 6.91. The molecule has 18 heavy (non-hydrogen) atoms. The average Bonchev–Trinajstić information content (AvgIpc) is 2.79. The van der Waals surface area contributed by atoms with Gasteiger partial charge >= 0.3 is 0 Å². The summed E-state index contributed by atoms with van der Waals surface area (Å²) in [6, 6.07) is 8.46. The summed E-state index contributed by atoms with van der Waals surface area (Å²) in [5.74, 6) is 1.25. The highest BCUT2D eigenvalue weighted by atomic mass is 15.1. The van der Waals surface area contributed by atoms with E-state index in [-0.39, 0.29) is 5.41 Å². The number of hydrogen-bond acceptors (Lipinski definition) is 2. The van der Waals surface area contributed by atoms with Gasteiger partial charge in [0.2, 0.25) is 0 Å². The molecule has 1 saturated heterocycles. The molecule has 0 saturated carbocycles. The second-order valence-electron chi connectivity index (χ2n) is 5.51. The van der Waals surface area contributed by atoms with Gasteiger partial charge in [-0.15, -0.1) is 0 Å². The third-order valence-corrected chi connectivity index (χ3v) is 4.11. The normalized spacial score (nSPS) is 24.6. The molecule has 3 heteroatoms. The molecule has 1 unspecified atom stereocenters. The molecule has 1 fully saturated rings. The summed E-state index contributed by atoms with van der Waals surface area (Å²) in [5, 5.41) is 3.52. The fourth-order valence-corrected chi connectivity index (χ4v) is 3.10. The summed E-state index contributed by atoms with van der Waals surface area (Å²) in [4.78, 5) is 4.90. The van der Waals surface area contributed by atoms with Gasteiger partial charge in [0.05, 0.1) is 11.0 Å². The number of rotatable bonds is 2. The summed E-state index contributed by atoms with van der Waals surface area (Å²) < 4.78 is 2.38. The number of nitrogens with one attached hydrogen (secondary N) is 1. The van der Waals surface area contributed by atoms with Gasteiger partial charge in [-0.1, -0.05) is 19.1 Å². The van der Waals surface area contributed by atoms with Crippen LogP contribution in [0.25, 0.3) is 11.0 Å². The minimum absolute atomic E-state index is 0.174. The lowest BCUT2D eigenvalue weighted by molar-refractivity contribution is 0.315. The van der Waals surface area contributed by atoms with Crippen molar-refractivity contribution in [3.8, 4) is 0 Å². The summed E-state index contributed by atoms with van der Waals surface area (Å²) in [7, 11) is 0. The van der Waals surface area contributed by atoms with Gasteiger partial charge in [0.15, 0.2) is 0 Å². The predicted octanol–water partition coefficient (Wildman–Crippen LogP) is 2.70. The number of piperidine rings is 1. The van der Waals surface area contributed by atoms with Crippen molar-refractivity contribution in [1.29, 1.82) is 0 Å². The fourth-order valence-electron chi connectivity index (χ4n) is 3.10. The van der Waals surface area contributed by atoms with Crippen LogP contribution in [0.5, 0.6) is 0 Å². The molecule has 0 aliphatic carbocycles. The monoisotopic (exact) mass is 243 g/mol. The van der Waals surface area contributed by atoms with Crippen molar-refractivity contribution in [2.75, 3.05) is 13.1 Å². The Labute approximate surface area is 108 Å². The molecule has 1 atom stereocenters. The number of para-hydroxylation sites is 2. The number of aryl methyl sites for hydroxylation is 1. The van der Waals surface area contributed by atoms with Crippen LogP contribution in [0, 0.1) is 0 Å². The lowest BCUT2D eigenvalue weighted by Gasteiger charge is -2.33. The van der Waals surface area contributed by atoms with Gasteiger partial charge in [-0.2, -0.15) is 0 Å². The van der Waals surface area contributed by atoms with Gasteiger partial charge in [0, 0.05) is 18.5 Å². The number of hydrogen-bond donors (Lipinski definition) is 1. The Bertz CT molecular complexity index is 550. The van der Waals surface area contributed by atoms with Crippen LogP contribution < -0.4 is 5.32 Å².